The van der Waals surface area contributed by atoms with Gasteiger partial charge < -0.3 is 15.8 Å². The molecule has 0 aliphatic rings. The summed E-state index contributed by atoms with van der Waals surface area (Å²) in [6.45, 7) is 1.29. The molecule has 4 nitrogen and oxygen atoms in total. The van der Waals surface area contributed by atoms with E-state index >= 15 is 0 Å². The van der Waals surface area contributed by atoms with Crippen molar-refractivity contribution in [3.63, 3.8) is 0 Å². The lowest BCUT2D eigenvalue weighted by Crippen LogP contribution is -2.06. The summed E-state index contributed by atoms with van der Waals surface area (Å²) >= 11 is 0. The van der Waals surface area contributed by atoms with Crippen LogP contribution < -0.4 is 11.1 Å². The zero-order chi connectivity index (χ0) is 12.8. The lowest BCUT2D eigenvalue weighted by atomic mass is 10.1. The predicted molar refractivity (Wildman–Crippen MR) is 73.1 cm³/mol. The van der Waals surface area contributed by atoms with E-state index in [1.165, 1.54) is 11.1 Å². The van der Waals surface area contributed by atoms with E-state index in [2.05, 4.69) is 22.4 Å². The van der Waals surface area contributed by atoms with E-state index in [9.17, 15) is 0 Å². The molecule has 1 aromatic heterocycles. The van der Waals surface area contributed by atoms with Crippen molar-refractivity contribution in [2.24, 2.45) is 0 Å². The number of methoxy groups -OCH3 is 1. The Kier molecular flexibility index (Phi) is 4.15. The fourth-order valence-electron chi connectivity index (χ4n) is 1.77. The number of nitrogen functional groups attached to an aromatic ring is 1. The number of aromatic nitrogens is 1. The highest BCUT2D eigenvalue weighted by atomic mass is 16.5. The fraction of sp³-hybridized carbons (Fsp3) is 0.214. The standard InChI is InChI=1S/C14H17N3O/c1-18-10-12-6-3-2-5-11(12)9-17-14-13(15)7-4-8-16-14/h2-8H,9-10,15H2,1H3,(H,16,17). The van der Waals surface area contributed by atoms with E-state index < -0.39 is 0 Å². The number of nitrogens with two attached hydrogens (primary N) is 1. The van der Waals surface area contributed by atoms with E-state index in [0.717, 1.165) is 0 Å². The molecule has 4 heteroatoms. The van der Waals surface area contributed by atoms with Crippen molar-refractivity contribution in [2.75, 3.05) is 18.2 Å². The molecule has 0 aliphatic heterocycles. The summed E-state index contributed by atoms with van der Waals surface area (Å²) in [5.41, 5.74) is 8.84. The Hall–Kier alpha value is -2.07. The van der Waals surface area contributed by atoms with Crippen molar-refractivity contribution >= 4 is 11.5 Å². The first kappa shape index (κ1) is 12.4. The second kappa shape index (κ2) is 6.02. The maximum atomic E-state index is 5.83. The van der Waals surface area contributed by atoms with Gasteiger partial charge in [-0.15, -0.1) is 0 Å². The molecule has 0 saturated carbocycles. The van der Waals surface area contributed by atoms with Crippen LogP contribution in [0.5, 0.6) is 0 Å². The molecular weight excluding hydrogens is 226 g/mol. The third-order valence-electron chi connectivity index (χ3n) is 2.70. The average molecular weight is 243 g/mol. The van der Waals surface area contributed by atoms with Gasteiger partial charge in [-0.3, -0.25) is 0 Å². The van der Waals surface area contributed by atoms with Crippen LogP contribution in [0.25, 0.3) is 0 Å². The van der Waals surface area contributed by atoms with Crippen molar-refractivity contribution in [1.82, 2.24) is 4.98 Å². The first-order valence-corrected chi connectivity index (χ1v) is 5.81. The molecule has 2 aromatic rings. The van der Waals surface area contributed by atoms with Crippen LogP contribution in [0.1, 0.15) is 11.1 Å². The normalized spacial score (nSPS) is 10.3. The number of nitrogens with one attached hydrogen (secondary N) is 1. The van der Waals surface area contributed by atoms with Gasteiger partial charge in [0.2, 0.25) is 0 Å². The molecule has 1 aromatic carbocycles. The Morgan fingerprint density at radius 2 is 1.94 bits per heavy atom. The molecule has 0 spiro atoms. The van der Waals surface area contributed by atoms with Crippen LogP contribution in [0.3, 0.4) is 0 Å². The molecule has 94 valence electrons. The molecule has 1 heterocycles. The van der Waals surface area contributed by atoms with Gasteiger partial charge in [-0.25, -0.2) is 4.98 Å². The van der Waals surface area contributed by atoms with Crippen LogP contribution in [0.4, 0.5) is 11.5 Å². The van der Waals surface area contributed by atoms with Crippen LogP contribution >= 0.6 is 0 Å². The summed E-state index contributed by atoms with van der Waals surface area (Å²) in [7, 11) is 1.70. The Labute approximate surface area is 107 Å². The quantitative estimate of drug-likeness (QED) is 0.846. The van der Waals surface area contributed by atoms with Crippen molar-refractivity contribution in [3.8, 4) is 0 Å². The molecule has 0 bridgehead atoms. The van der Waals surface area contributed by atoms with Crippen LogP contribution in [-0.4, -0.2) is 12.1 Å². The summed E-state index contributed by atoms with van der Waals surface area (Å²) < 4.78 is 5.18. The lowest BCUT2D eigenvalue weighted by Gasteiger charge is -2.11. The molecule has 0 saturated heterocycles. The van der Waals surface area contributed by atoms with Gasteiger partial charge in [0, 0.05) is 19.9 Å². The Bertz CT molecular complexity index is 514. The predicted octanol–water partition coefficient (Wildman–Crippen LogP) is 2.42. The fourth-order valence-corrected chi connectivity index (χ4v) is 1.77. The Morgan fingerprint density at radius 1 is 1.17 bits per heavy atom. The SMILES string of the molecule is COCc1ccccc1CNc1ncccc1N. The van der Waals surface area contributed by atoms with Gasteiger partial charge in [0.1, 0.15) is 5.82 Å². The number of hydrogen-bond acceptors (Lipinski definition) is 4. The van der Waals surface area contributed by atoms with Crippen molar-refractivity contribution in [1.29, 1.82) is 0 Å². The Morgan fingerprint density at radius 3 is 2.67 bits per heavy atom. The van der Waals surface area contributed by atoms with Gasteiger partial charge in [0.15, 0.2) is 0 Å². The summed E-state index contributed by atoms with van der Waals surface area (Å²) in [6, 6.07) is 11.8. The zero-order valence-electron chi connectivity index (χ0n) is 10.4. The third kappa shape index (κ3) is 2.99. The highest BCUT2D eigenvalue weighted by Crippen LogP contribution is 2.16. The van der Waals surface area contributed by atoms with Crippen LogP contribution in [0.2, 0.25) is 0 Å². The number of pyridine rings is 1. The minimum Gasteiger partial charge on any atom is -0.396 e. The lowest BCUT2D eigenvalue weighted by molar-refractivity contribution is 0.184. The Balaban J connectivity index is 2.08. The van der Waals surface area contributed by atoms with Gasteiger partial charge in [-0.05, 0) is 23.3 Å². The van der Waals surface area contributed by atoms with Gasteiger partial charge >= 0.3 is 0 Å². The summed E-state index contributed by atoms with van der Waals surface area (Å²) in [5.74, 6) is 0.713. The van der Waals surface area contributed by atoms with E-state index in [1.807, 2.05) is 24.3 Å². The van der Waals surface area contributed by atoms with E-state index in [-0.39, 0.29) is 0 Å². The minimum absolute atomic E-state index is 0.607. The summed E-state index contributed by atoms with van der Waals surface area (Å²) in [4.78, 5) is 4.20. The average Bonchev–Trinajstić information content (AvgIpc) is 2.40. The highest BCUT2D eigenvalue weighted by molar-refractivity contribution is 5.60. The number of hydrogen-bond donors (Lipinski definition) is 2. The van der Waals surface area contributed by atoms with E-state index in [4.69, 9.17) is 10.5 Å². The number of nitrogens with zero attached hydrogens (tertiary/aromatic N) is 1. The number of ether oxygens (including phenoxy) is 1. The molecule has 18 heavy (non-hydrogen) atoms. The maximum Gasteiger partial charge on any atom is 0.149 e. The third-order valence-corrected chi connectivity index (χ3v) is 2.70. The van der Waals surface area contributed by atoms with E-state index in [0.29, 0.717) is 24.7 Å². The van der Waals surface area contributed by atoms with Gasteiger partial charge in [-0.1, -0.05) is 24.3 Å². The molecule has 3 N–H and O–H groups in total. The highest BCUT2D eigenvalue weighted by Gasteiger charge is 2.03. The molecule has 0 fully saturated rings. The molecule has 0 unspecified atom stereocenters. The minimum atomic E-state index is 0.607. The smallest absolute Gasteiger partial charge is 0.149 e. The number of anilines is 2. The second-order valence-electron chi connectivity index (χ2n) is 4.00. The molecule has 2 rings (SSSR count). The zero-order valence-corrected chi connectivity index (χ0v) is 10.4. The maximum absolute atomic E-state index is 5.83. The van der Waals surface area contributed by atoms with Gasteiger partial charge in [0.05, 0.1) is 12.3 Å². The monoisotopic (exact) mass is 243 g/mol. The van der Waals surface area contributed by atoms with Crippen LogP contribution in [0, 0.1) is 0 Å². The summed E-state index contributed by atoms with van der Waals surface area (Å²) in [5, 5.41) is 3.24. The van der Waals surface area contributed by atoms with Gasteiger partial charge in [0.25, 0.3) is 0 Å². The molecule has 0 atom stereocenters. The number of rotatable bonds is 5. The topological polar surface area (TPSA) is 60.2 Å². The summed E-state index contributed by atoms with van der Waals surface area (Å²) in [6.07, 6.45) is 1.72. The second-order valence-corrected chi connectivity index (χ2v) is 4.00. The van der Waals surface area contributed by atoms with Crippen molar-refractivity contribution in [3.05, 3.63) is 53.7 Å². The van der Waals surface area contributed by atoms with Crippen molar-refractivity contribution < 1.29 is 4.74 Å². The van der Waals surface area contributed by atoms with Gasteiger partial charge in [-0.2, -0.15) is 0 Å². The van der Waals surface area contributed by atoms with Crippen molar-refractivity contribution in [2.45, 2.75) is 13.2 Å². The molecule has 0 amide bonds. The first-order chi connectivity index (χ1) is 8.81. The number of benzene rings is 1. The van der Waals surface area contributed by atoms with Crippen LogP contribution in [0.15, 0.2) is 42.6 Å². The molecule has 0 aliphatic carbocycles. The van der Waals surface area contributed by atoms with Crippen LogP contribution in [-0.2, 0) is 17.9 Å². The largest absolute Gasteiger partial charge is 0.396 e. The molecular formula is C14H17N3O. The first-order valence-electron chi connectivity index (χ1n) is 5.81. The van der Waals surface area contributed by atoms with E-state index in [1.54, 1.807) is 13.3 Å². The molecule has 0 radical (unpaired) electrons.